The van der Waals surface area contributed by atoms with Crippen molar-refractivity contribution in [1.29, 1.82) is 0 Å². The average molecular weight is 393 g/mol. The highest BCUT2D eigenvalue weighted by atomic mass is 35.5. The second-order valence-electron chi connectivity index (χ2n) is 5.79. The minimum Gasteiger partial charge on any atom is -0.340 e. The first kappa shape index (κ1) is 19.0. The molecular weight excluding hydrogens is 375 g/mol. The van der Waals surface area contributed by atoms with Crippen LogP contribution in [0.15, 0.2) is 18.2 Å². The molecule has 0 N–H and O–H groups in total. The number of halogens is 2. The molecule has 24 heavy (non-hydrogen) atoms. The second-order valence-corrected chi connectivity index (χ2v) is 8.90. The van der Waals surface area contributed by atoms with Crippen molar-refractivity contribution in [1.82, 2.24) is 4.90 Å². The smallest absolute Gasteiger partial charge is 0.242 e. The SMILES string of the molecule is CC(=O)N(CC(=O)N(C)C1CCS(=O)(=O)C1)c1cc(Cl)cc(Cl)c1. The van der Waals surface area contributed by atoms with E-state index in [0.29, 0.717) is 22.2 Å². The maximum absolute atomic E-state index is 12.5. The molecular formula is C15H18Cl2N2O4S. The molecule has 9 heteroatoms. The Morgan fingerprint density at radius 2 is 1.79 bits per heavy atom. The summed E-state index contributed by atoms with van der Waals surface area (Å²) in [6, 6.07) is 4.26. The topological polar surface area (TPSA) is 74.8 Å². The fourth-order valence-electron chi connectivity index (χ4n) is 2.61. The van der Waals surface area contributed by atoms with Crippen LogP contribution in [0.25, 0.3) is 0 Å². The van der Waals surface area contributed by atoms with Crippen molar-refractivity contribution in [3.63, 3.8) is 0 Å². The Bertz CT molecular complexity index is 746. The van der Waals surface area contributed by atoms with Gasteiger partial charge in [0.2, 0.25) is 11.8 Å². The zero-order valence-electron chi connectivity index (χ0n) is 13.3. The Morgan fingerprint density at radius 1 is 1.21 bits per heavy atom. The third-order valence-corrected chi connectivity index (χ3v) is 6.17. The predicted molar refractivity (Wildman–Crippen MR) is 94.3 cm³/mol. The number of carbonyl (C=O) groups excluding carboxylic acids is 2. The normalized spacial score (nSPS) is 19.1. The van der Waals surface area contributed by atoms with Gasteiger partial charge in [0.15, 0.2) is 9.84 Å². The molecule has 0 radical (unpaired) electrons. The standard InChI is InChI=1S/C15H18Cl2N2O4S/c1-10(20)19(14-6-11(16)5-12(17)7-14)8-15(21)18(2)13-3-4-24(22,23)9-13/h5-7,13H,3-4,8-9H2,1-2H3. The number of hydrogen-bond donors (Lipinski definition) is 0. The molecule has 0 aliphatic carbocycles. The maximum atomic E-state index is 12.5. The lowest BCUT2D eigenvalue weighted by atomic mass is 10.2. The first-order chi connectivity index (χ1) is 11.1. The molecule has 1 aromatic rings. The first-order valence-electron chi connectivity index (χ1n) is 7.29. The molecule has 2 rings (SSSR count). The zero-order valence-corrected chi connectivity index (χ0v) is 15.7. The number of amides is 2. The Balaban J connectivity index is 2.15. The molecule has 1 saturated heterocycles. The summed E-state index contributed by atoms with van der Waals surface area (Å²) in [5.74, 6) is -0.647. The summed E-state index contributed by atoms with van der Waals surface area (Å²) >= 11 is 11.9. The summed E-state index contributed by atoms with van der Waals surface area (Å²) in [5, 5.41) is 0.706. The van der Waals surface area contributed by atoms with Gasteiger partial charge in [-0.2, -0.15) is 0 Å². The third kappa shape index (κ3) is 4.62. The van der Waals surface area contributed by atoms with E-state index in [4.69, 9.17) is 23.2 Å². The summed E-state index contributed by atoms with van der Waals surface area (Å²) in [6.07, 6.45) is 0.410. The maximum Gasteiger partial charge on any atom is 0.242 e. The van der Waals surface area contributed by atoms with Crippen LogP contribution in [0.5, 0.6) is 0 Å². The predicted octanol–water partition coefficient (Wildman–Crippen LogP) is 1.99. The summed E-state index contributed by atoms with van der Waals surface area (Å²) in [7, 11) is -1.54. The van der Waals surface area contributed by atoms with Crippen molar-refractivity contribution in [2.75, 3.05) is 30.0 Å². The van der Waals surface area contributed by atoms with Crippen LogP contribution < -0.4 is 4.90 Å². The number of carbonyl (C=O) groups is 2. The highest BCUT2D eigenvalue weighted by Gasteiger charge is 2.33. The minimum atomic E-state index is -3.09. The van der Waals surface area contributed by atoms with Gasteiger partial charge in [-0.1, -0.05) is 23.2 Å². The molecule has 0 spiro atoms. The summed E-state index contributed by atoms with van der Waals surface area (Å²) in [6.45, 7) is 1.13. The quantitative estimate of drug-likeness (QED) is 0.784. The molecule has 1 fully saturated rings. The Hall–Kier alpha value is -1.31. The number of nitrogens with zero attached hydrogens (tertiary/aromatic N) is 2. The van der Waals surface area contributed by atoms with Crippen LogP contribution in [0.3, 0.4) is 0 Å². The molecule has 6 nitrogen and oxygen atoms in total. The fourth-order valence-corrected chi connectivity index (χ4v) is 4.90. The fraction of sp³-hybridized carbons (Fsp3) is 0.467. The molecule has 1 aliphatic rings. The summed E-state index contributed by atoms with van der Waals surface area (Å²) < 4.78 is 23.1. The molecule has 1 atom stereocenters. The number of rotatable bonds is 4. The number of sulfone groups is 1. The van der Waals surface area contributed by atoms with Crippen LogP contribution in [-0.2, 0) is 19.4 Å². The van der Waals surface area contributed by atoms with Crippen molar-refractivity contribution in [2.45, 2.75) is 19.4 Å². The van der Waals surface area contributed by atoms with Crippen LogP contribution >= 0.6 is 23.2 Å². The molecule has 0 aromatic heterocycles. The summed E-state index contributed by atoms with van der Waals surface area (Å²) in [4.78, 5) is 27.1. The molecule has 1 heterocycles. The lowest BCUT2D eigenvalue weighted by Gasteiger charge is -2.28. The largest absolute Gasteiger partial charge is 0.340 e. The lowest BCUT2D eigenvalue weighted by molar-refractivity contribution is -0.131. The van der Waals surface area contributed by atoms with Crippen molar-refractivity contribution >= 4 is 50.5 Å². The Kier molecular flexibility index (Phi) is 5.78. The van der Waals surface area contributed by atoms with Gasteiger partial charge in [0.05, 0.1) is 11.5 Å². The highest BCUT2D eigenvalue weighted by Crippen LogP contribution is 2.26. The van der Waals surface area contributed by atoms with Crippen molar-refractivity contribution < 1.29 is 18.0 Å². The van der Waals surface area contributed by atoms with E-state index < -0.39 is 9.84 Å². The highest BCUT2D eigenvalue weighted by molar-refractivity contribution is 7.91. The number of hydrogen-bond acceptors (Lipinski definition) is 4. The van der Waals surface area contributed by atoms with Gasteiger partial charge >= 0.3 is 0 Å². The van der Waals surface area contributed by atoms with E-state index in [9.17, 15) is 18.0 Å². The van der Waals surface area contributed by atoms with Gasteiger partial charge in [-0.05, 0) is 24.6 Å². The Labute approximate surface area is 151 Å². The van der Waals surface area contributed by atoms with Crippen molar-refractivity contribution in [3.8, 4) is 0 Å². The molecule has 1 aromatic carbocycles. The number of likely N-dealkylation sites (N-methyl/N-ethyl adjacent to an activating group) is 1. The van der Waals surface area contributed by atoms with E-state index >= 15 is 0 Å². The van der Waals surface area contributed by atoms with Gasteiger partial charge in [-0.25, -0.2) is 8.42 Å². The first-order valence-corrected chi connectivity index (χ1v) is 9.87. The van der Waals surface area contributed by atoms with Crippen molar-refractivity contribution in [3.05, 3.63) is 28.2 Å². The van der Waals surface area contributed by atoms with E-state index in [1.54, 1.807) is 19.2 Å². The molecule has 132 valence electrons. The minimum absolute atomic E-state index is 0.0433. The molecule has 1 aliphatic heterocycles. The number of benzene rings is 1. The van der Waals surface area contributed by atoms with Gasteiger partial charge in [0.1, 0.15) is 6.54 Å². The molecule has 1 unspecified atom stereocenters. The van der Waals surface area contributed by atoms with Crippen LogP contribution in [-0.4, -0.2) is 56.3 Å². The van der Waals surface area contributed by atoms with E-state index in [1.165, 1.54) is 22.8 Å². The van der Waals surface area contributed by atoms with E-state index in [1.807, 2.05) is 0 Å². The average Bonchev–Trinajstić information content (AvgIpc) is 2.82. The summed E-state index contributed by atoms with van der Waals surface area (Å²) in [5.41, 5.74) is 0.417. The zero-order chi connectivity index (χ0) is 18.1. The van der Waals surface area contributed by atoms with Gasteiger partial charge < -0.3 is 9.80 Å². The van der Waals surface area contributed by atoms with E-state index in [-0.39, 0.29) is 35.9 Å². The second kappa shape index (κ2) is 7.29. The van der Waals surface area contributed by atoms with Gasteiger partial charge in [0.25, 0.3) is 0 Å². The van der Waals surface area contributed by atoms with Crippen molar-refractivity contribution in [2.24, 2.45) is 0 Å². The lowest BCUT2D eigenvalue weighted by Crippen LogP contribution is -2.45. The molecule has 0 saturated carbocycles. The van der Waals surface area contributed by atoms with Crippen LogP contribution in [0.4, 0.5) is 5.69 Å². The van der Waals surface area contributed by atoms with E-state index in [2.05, 4.69) is 0 Å². The van der Waals surface area contributed by atoms with Gasteiger partial charge in [0, 0.05) is 35.7 Å². The van der Waals surface area contributed by atoms with Crippen LogP contribution in [0, 0.1) is 0 Å². The number of anilines is 1. The Morgan fingerprint density at radius 3 is 2.25 bits per heavy atom. The van der Waals surface area contributed by atoms with Gasteiger partial charge in [-0.3, -0.25) is 9.59 Å². The van der Waals surface area contributed by atoms with Gasteiger partial charge in [-0.15, -0.1) is 0 Å². The van der Waals surface area contributed by atoms with Crippen LogP contribution in [0.2, 0.25) is 10.0 Å². The third-order valence-electron chi connectivity index (χ3n) is 3.98. The molecule has 2 amide bonds. The monoisotopic (exact) mass is 392 g/mol. The molecule has 0 bridgehead atoms. The van der Waals surface area contributed by atoms with E-state index in [0.717, 1.165) is 0 Å². The van der Waals surface area contributed by atoms with Crippen LogP contribution in [0.1, 0.15) is 13.3 Å².